The summed E-state index contributed by atoms with van der Waals surface area (Å²) in [5.41, 5.74) is 0. The van der Waals surface area contributed by atoms with Crippen LogP contribution in [0, 0.1) is 11.8 Å². The molecule has 25 heavy (non-hydrogen) atoms. The second kappa shape index (κ2) is 16.1. The SMILES string of the molecule is CCCC(CCO)CN=C(NCC)NCCC1CCN(CC)CC1.I. The highest BCUT2D eigenvalue weighted by molar-refractivity contribution is 14.0. The molecule has 1 fully saturated rings. The van der Waals surface area contributed by atoms with E-state index in [0.29, 0.717) is 5.92 Å². The Morgan fingerprint density at radius 3 is 2.44 bits per heavy atom. The van der Waals surface area contributed by atoms with Gasteiger partial charge in [0.05, 0.1) is 0 Å². The van der Waals surface area contributed by atoms with Crippen LogP contribution in [0.15, 0.2) is 4.99 Å². The van der Waals surface area contributed by atoms with E-state index < -0.39 is 0 Å². The Kier molecular flexibility index (Phi) is 16.1. The van der Waals surface area contributed by atoms with Gasteiger partial charge in [0, 0.05) is 26.2 Å². The van der Waals surface area contributed by atoms with Gasteiger partial charge in [-0.1, -0.05) is 20.3 Å². The first-order valence-corrected chi connectivity index (χ1v) is 10.1. The van der Waals surface area contributed by atoms with E-state index in [0.717, 1.165) is 50.8 Å². The molecule has 3 N–H and O–H groups in total. The lowest BCUT2D eigenvalue weighted by Crippen LogP contribution is -2.39. The number of aliphatic hydroxyl groups excluding tert-OH is 1. The van der Waals surface area contributed by atoms with E-state index in [1.807, 2.05) is 0 Å². The minimum absolute atomic E-state index is 0. The Morgan fingerprint density at radius 2 is 1.88 bits per heavy atom. The maximum atomic E-state index is 9.17. The molecular weight excluding hydrogens is 427 g/mol. The van der Waals surface area contributed by atoms with Crippen molar-refractivity contribution >= 4 is 29.9 Å². The Balaban J connectivity index is 0.00000576. The molecule has 1 atom stereocenters. The summed E-state index contributed by atoms with van der Waals surface area (Å²) in [7, 11) is 0. The second-order valence-corrected chi connectivity index (χ2v) is 6.98. The molecule has 0 aromatic rings. The van der Waals surface area contributed by atoms with Gasteiger partial charge in [-0.05, 0) is 70.5 Å². The van der Waals surface area contributed by atoms with Crippen molar-refractivity contribution in [3.05, 3.63) is 0 Å². The average Bonchev–Trinajstić information content (AvgIpc) is 2.60. The minimum Gasteiger partial charge on any atom is -0.396 e. The molecule has 0 amide bonds. The number of aliphatic imine (C=N–C) groups is 1. The van der Waals surface area contributed by atoms with E-state index in [-0.39, 0.29) is 30.6 Å². The maximum Gasteiger partial charge on any atom is 0.191 e. The standard InChI is InChI=1S/C19H40N4O.HI/c1-4-7-18(11-15-24)16-22-19(20-5-2)21-12-8-17-9-13-23(6-3)14-10-17;/h17-18,24H,4-16H2,1-3H3,(H2,20,21,22);1H. The third-order valence-electron chi connectivity index (χ3n) is 5.09. The first kappa shape index (κ1) is 24.9. The summed E-state index contributed by atoms with van der Waals surface area (Å²) >= 11 is 0. The summed E-state index contributed by atoms with van der Waals surface area (Å²) < 4.78 is 0. The molecule has 1 saturated heterocycles. The van der Waals surface area contributed by atoms with Crippen LogP contribution < -0.4 is 10.6 Å². The highest BCUT2D eigenvalue weighted by Gasteiger charge is 2.17. The lowest BCUT2D eigenvalue weighted by Gasteiger charge is -2.31. The number of guanidine groups is 1. The zero-order valence-corrected chi connectivity index (χ0v) is 18.9. The van der Waals surface area contributed by atoms with Gasteiger partial charge in [0.15, 0.2) is 5.96 Å². The maximum absolute atomic E-state index is 9.17. The molecule has 6 heteroatoms. The number of nitrogens with one attached hydrogen (secondary N) is 2. The van der Waals surface area contributed by atoms with Crippen LogP contribution in [0.25, 0.3) is 0 Å². The summed E-state index contributed by atoms with van der Waals surface area (Å²) in [4.78, 5) is 7.28. The van der Waals surface area contributed by atoms with Gasteiger partial charge < -0.3 is 20.6 Å². The summed E-state index contributed by atoms with van der Waals surface area (Å²) in [5, 5.41) is 16.0. The molecule has 0 aromatic carbocycles. The molecular formula is C19H41IN4O. The van der Waals surface area contributed by atoms with Gasteiger partial charge in [0.1, 0.15) is 0 Å². The lowest BCUT2D eigenvalue weighted by molar-refractivity contribution is 0.187. The fourth-order valence-corrected chi connectivity index (χ4v) is 3.47. The number of likely N-dealkylation sites (tertiary alicyclic amines) is 1. The second-order valence-electron chi connectivity index (χ2n) is 6.98. The van der Waals surface area contributed by atoms with Crippen molar-refractivity contribution in [2.45, 2.75) is 59.3 Å². The fourth-order valence-electron chi connectivity index (χ4n) is 3.47. The molecule has 0 aliphatic carbocycles. The number of hydrogen-bond acceptors (Lipinski definition) is 3. The number of rotatable bonds is 11. The van der Waals surface area contributed by atoms with Crippen LogP contribution in [0.4, 0.5) is 0 Å². The van der Waals surface area contributed by atoms with Gasteiger partial charge in [-0.2, -0.15) is 0 Å². The third kappa shape index (κ3) is 11.3. The van der Waals surface area contributed by atoms with Gasteiger partial charge in [0.25, 0.3) is 0 Å². The van der Waals surface area contributed by atoms with Crippen molar-refractivity contribution in [3.8, 4) is 0 Å². The molecule has 0 saturated carbocycles. The van der Waals surface area contributed by atoms with Crippen LogP contribution in [0.3, 0.4) is 0 Å². The van der Waals surface area contributed by atoms with Crippen LogP contribution >= 0.6 is 24.0 Å². The van der Waals surface area contributed by atoms with Crippen LogP contribution in [-0.2, 0) is 0 Å². The zero-order chi connectivity index (χ0) is 17.6. The van der Waals surface area contributed by atoms with Gasteiger partial charge in [-0.25, -0.2) is 0 Å². The minimum atomic E-state index is 0. The fraction of sp³-hybridized carbons (Fsp3) is 0.947. The Bertz CT molecular complexity index is 327. The van der Waals surface area contributed by atoms with Crippen molar-refractivity contribution in [2.75, 3.05) is 45.9 Å². The molecule has 1 rings (SSSR count). The number of piperidine rings is 1. The first-order chi connectivity index (χ1) is 11.7. The van der Waals surface area contributed by atoms with Crippen molar-refractivity contribution < 1.29 is 5.11 Å². The average molecular weight is 468 g/mol. The van der Waals surface area contributed by atoms with Gasteiger partial charge in [-0.15, -0.1) is 24.0 Å². The first-order valence-electron chi connectivity index (χ1n) is 10.1. The van der Waals surface area contributed by atoms with Gasteiger partial charge in [-0.3, -0.25) is 4.99 Å². The Morgan fingerprint density at radius 1 is 1.16 bits per heavy atom. The predicted octanol–water partition coefficient (Wildman–Crippen LogP) is 3.08. The van der Waals surface area contributed by atoms with Crippen LogP contribution in [0.5, 0.6) is 0 Å². The molecule has 0 spiro atoms. The number of halogens is 1. The highest BCUT2D eigenvalue weighted by Crippen LogP contribution is 2.19. The molecule has 0 bridgehead atoms. The Labute approximate surface area is 172 Å². The summed E-state index contributed by atoms with van der Waals surface area (Å²) in [6.45, 7) is 13.2. The van der Waals surface area contributed by atoms with Crippen molar-refractivity contribution in [3.63, 3.8) is 0 Å². The molecule has 1 heterocycles. The summed E-state index contributed by atoms with van der Waals surface area (Å²) in [6, 6.07) is 0. The normalized spacial score (nSPS) is 17.8. The molecule has 5 nitrogen and oxygen atoms in total. The summed E-state index contributed by atoms with van der Waals surface area (Å²) in [5.74, 6) is 2.28. The van der Waals surface area contributed by atoms with Crippen LogP contribution in [-0.4, -0.2) is 61.8 Å². The number of nitrogens with zero attached hydrogens (tertiary/aromatic N) is 2. The van der Waals surface area contributed by atoms with E-state index >= 15 is 0 Å². The van der Waals surface area contributed by atoms with Crippen molar-refractivity contribution in [2.24, 2.45) is 16.8 Å². The Hall–Kier alpha value is -0.0800. The monoisotopic (exact) mass is 468 g/mol. The van der Waals surface area contributed by atoms with E-state index in [1.54, 1.807) is 0 Å². The molecule has 150 valence electrons. The topological polar surface area (TPSA) is 59.9 Å². The van der Waals surface area contributed by atoms with Crippen LogP contribution in [0.1, 0.15) is 59.3 Å². The molecule has 0 radical (unpaired) electrons. The third-order valence-corrected chi connectivity index (χ3v) is 5.09. The van der Waals surface area contributed by atoms with Gasteiger partial charge >= 0.3 is 0 Å². The number of aliphatic hydroxyl groups is 1. The molecule has 0 aromatic heterocycles. The van der Waals surface area contributed by atoms with Crippen molar-refractivity contribution in [1.29, 1.82) is 0 Å². The summed E-state index contributed by atoms with van der Waals surface area (Å²) in [6.07, 6.45) is 7.04. The highest BCUT2D eigenvalue weighted by atomic mass is 127. The molecule has 1 aliphatic heterocycles. The van der Waals surface area contributed by atoms with E-state index in [1.165, 1.54) is 38.9 Å². The molecule has 1 aliphatic rings. The quantitative estimate of drug-likeness (QED) is 0.248. The van der Waals surface area contributed by atoms with Crippen LogP contribution in [0.2, 0.25) is 0 Å². The zero-order valence-electron chi connectivity index (χ0n) is 16.6. The van der Waals surface area contributed by atoms with E-state index in [4.69, 9.17) is 4.99 Å². The molecule has 1 unspecified atom stereocenters. The van der Waals surface area contributed by atoms with E-state index in [9.17, 15) is 5.11 Å². The smallest absolute Gasteiger partial charge is 0.191 e. The van der Waals surface area contributed by atoms with Crippen molar-refractivity contribution in [1.82, 2.24) is 15.5 Å². The van der Waals surface area contributed by atoms with E-state index in [2.05, 4.69) is 36.3 Å². The van der Waals surface area contributed by atoms with Gasteiger partial charge in [0.2, 0.25) is 0 Å². The number of hydrogen-bond donors (Lipinski definition) is 3. The lowest BCUT2D eigenvalue weighted by atomic mass is 9.93. The largest absolute Gasteiger partial charge is 0.396 e. The predicted molar refractivity (Wildman–Crippen MR) is 119 cm³/mol.